The minimum atomic E-state index is -4.34. The molecule has 3 rings (SSSR count). The van der Waals surface area contributed by atoms with Crippen LogP contribution in [0.15, 0.2) is 24.3 Å². The number of aryl methyl sites for hydroxylation is 1. The molecule has 0 bridgehead atoms. The molecule has 1 saturated heterocycles. The van der Waals surface area contributed by atoms with Crippen LogP contribution in [-0.4, -0.2) is 50.3 Å². The predicted molar refractivity (Wildman–Crippen MR) is 87.1 cm³/mol. The smallest absolute Gasteiger partial charge is 0.340 e. The van der Waals surface area contributed by atoms with E-state index in [1.54, 1.807) is 6.92 Å². The van der Waals surface area contributed by atoms with Gasteiger partial charge in [-0.05, 0) is 47.9 Å². The summed E-state index contributed by atoms with van der Waals surface area (Å²) in [6.07, 6.45) is -3.89. The molecule has 0 saturated carbocycles. The highest BCUT2D eigenvalue weighted by Gasteiger charge is 2.43. The summed E-state index contributed by atoms with van der Waals surface area (Å²) < 4.78 is 53.7. The number of hydrogen-bond donors (Lipinski definition) is 0. The number of piperidine rings is 1. The molecule has 1 aliphatic heterocycles. The number of hydrogen-bond acceptors (Lipinski definition) is 4. The van der Waals surface area contributed by atoms with Gasteiger partial charge in [0.05, 0.1) is 5.92 Å². The van der Waals surface area contributed by atoms with Crippen LogP contribution in [0.4, 0.5) is 17.6 Å². The number of nitrogens with zero attached hydrogens (tertiary/aromatic N) is 5. The van der Waals surface area contributed by atoms with Gasteiger partial charge in [-0.25, -0.2) is 9.07 Å². The number of tetrazole rings is 1. The summed E-state index contributed by atoms with van der Waals surface area (Å²) in [4.78, 5) is 14.3. The molecule has 1 amide bonds. The van der Waals surface area contributed by atoms with Crippen LogP contribution in [0.25, 0.3) is 0 Å². The predicted octanol–water partition coefficient (Wildman–Crippen LogP) is 2.71. The number of carbonyl (C=O) groups excluding carboxylic acids is 1. The zero-order chi connectivity index (χ0) is 19.6. The highest BCUT2D eigenvalue weighted by Crippen LogP contribution is 2.34. The number of carbonyl (C=O) groups is 1. The molecule has 146 valence electrons. The Balaban J connectivity index is 1.85. The van der Waals surface area contributed by atoms with Gasteiger partial charge in [0.15, 0.2) is 0 Å². The van der Waals surface area contributed by atoms with E-state index in [0.29, 0.717) is 11.4 Å². The highest BCUT2D eigenvalue weighted by molar-refractivity contribution is 5.81. The van der Waals surface area contributed by atoms with Gasteiger partial charge in [0, 0.05) is 19.5 Å². The second-order valence-corrected chi connectivity index (χ2v) is 6.68. The fraction of sp³-hybridized carbons (Fsp3) is 0.529. The first kappa shape index (κ1) is 19.2. The number of rotatable bonds is 4. The largest absolute Gasteiger partial charge is 0.393 e. The standard InChI is InChI=1S/C17H19F4N5O/c1-11-22-23-24-26(11)15(9-12-4-6-14(18)7-5-12)16(27)25-8-2-3-13(10-25)17(19,20)21/h4-7,13,15H,2-3,8-10H2,1H3/t13-,15+/m1/s1. The van der Waals surface area contributed by atoms with Gasteiger partial charge in [0.2, 0.25) is 5.91 Å². The van der Waals surface area contributed by atoms with Crippen LogP contribution in [-0.2, 0) is 11.2 Å². The molecule has 0 N–H and O–H groups in total. The third-order valence-electron chi connectivity index (χ3n) is 4.78. The van der Waals surface area contributed by atoms with Gasteiger partial charge < -0.3 is 4.90 Å². The van der Waals surface area contributed by atoms with E-state index in [2.05, 4.69) is 15.5 Å². The van der Waals surface area contributed by atoms with Gasteiger partial charge in [-0.3, -0.25) is 4.79 Å². The average molecular weight is 385 g/mol. The first-order valence-electron chi connectivity index (χ1n) is 8.60. The molecule has 27 heavy (non-hydrogen) atoms. The molecule has 0 unspecified atom stereocenters. The summed E-state index contributed by atoms with van der Waals surface area (Å²) in [6, 6.07) is 4.71. The second kappa shape index (κ2) is 7.61. The van der Waals surface area contributed by atoms with E-state index in [-0.39, 0.29) is 32.4 Å². The fourth-order valence-electron chi connectivity index (χ4n) is 3.30. The minimum absolute atomic E-state index is 0.0137. The van der Waals surface area contributed by atoms with Crippen molar-refractivity contribution < 1.29 is 22.4 Å². The summed E-state index contributed by atoms with van der Waals surface area (Å²) in [5, 5.41) is 11.1. The summed E-state index contributed by atoms with van der Waals surface area (Å²) in [7, 11) is 0. The SMILES string of the molecule is Cc1nnnn1[C@@H](Cc1ccc(F)cc1)C(=O)N1CCC[C@@H](C(F)(F)F)C1. The lowest BCUT2D eigenvalue weighted by Gasteiger charge is -2.35. The molecule has 2 atom stereocenters. The van der Waals surface area contributed by atoms with Crippen LogP contribution < -0.4 is 0 Å². The number of amides is 1. The second-order valence-electron chi connectivity index (χ2n) is 6.68. The maximum atomic E-state index is 13.1. The number of alkyl halides is 3. The van der Waals surface area contributed by atoms with E-state index >= 15 is 0 Å². The lowest BCUT2D eigenvalue weighted by molar-refractivity contribution is -0.188. The lowest BCUT2D eigenvalue weighted by Crippen LogP contribution is -2.47. The molecular formula is C17H19F4N5O. The van der Waals surface area contributed by atoms with E-state index in [1.807, 2.05) is 0 Å². The third-order valence-corrected chi connectivity index (χ3v) is 4.78. The van der Waals surface area contributed by atoms with Gasteiger partial charge in [0.1, 0.15) is 17.7 Å². The van der Waals surface area contributed by atoms with Crippen LogP contribution in [0.5, 0.6) is 0 Å². The fourth-order valence-corrected chi connectivity index (χ4v) is 3.30. The molecular weight excluding hydrogens is 366 g/mol. The number of aromatic nitrogens is 4. The monoisotopic (exact) mass is 385 g/mol. The molecule has 0 spiro atoms. The summed E-state index contributed by atoms with van der Waals surface area (Å²) in [6.45, 7) is 1.50. The third kappa shape index (κ3) is 4.42. The van der Waals surface area contributed by atoms with Crippen molar-refractivity contribution in [3.05, 3.63) is 41.5 Å². The number of benzene rings is 1. The van der Waals surface area contributed by atoms with Crippen molar-refractivity contribution in [2.75, 3.05) is 13.1 Å². The molecule has 6 nitrogen and oxygen atoms in total. The Kier molecular flexibility index (Phi) is 5.43. The summed E-state index contributed by atoms with van der Waals surface area (Å²) in [5.41, 5.74) is 0.661. The number of halogens is 4. The first-order valence-corrected chi connectivity index (χ1v) is 8.60. The van der Waals surface area contributed by atoms with E-state index in [0.717, 1.165) is 0 Å². The minimum Gasteiger partial charge on any atom is -0.340 e. The normalized spacial score (nSPS) is 19.1. The maximum Gasteiger partial charge on any atom is 0.393 e. The van der Waals surface area contributed by atoms with Crippen LogP contribution in [0.3, 0.4) is 0 Å². The van der Waals surface area contributed by atoms with Crippen molar-refractivity contribution in [2.24, 2.45) is 5.92 Å². The van der Waals surface area contributed by atoms with E-state index < -0.39 is 29.9 Å². The number of likely N-dealkylation sites (tertiary alicyclic amines) is 1. The van der Waals surface area contributed by atoms with E-state index in [1.165, 1.54) is 33.8 Å². The van der Waals surface area contributed by atoms with Crippen LogP contribution >= 0.6 is 0 Å². The molecule has 2 aromatic rings. The Morgan fingerprint density at radius 2 is 2.00 bits per heavy atom. The molecule has 1 aromatic heterocycles. The molecule has 0 aliphatic carbocycles. The molecule has 2 heterocycles. The van der Waals surface area contributed by atoms with Gasteiger partial charge >= 0.3 is 6.18 Å². The van der Waals surface area contributed by atoms with Gasteiger partial charge in [-0.15, -0.1) is 5.10 Å². The van der Waals surface area contributed by atoms with Crippen molar-refractivity contribution in [1.82, 2.24) is 25.1 Å². The highest BCUT2D eigenvalue weighted by atomic mass is 19.4. The zero-order valence-electron chi connectivity index (χ0n) is 14.7. The molecule has 1 aliphatic rings. The Morgan fingerprint density at radius 3 is 2.59 bits per heavy atom. The van der Waals surface area contributed by atoms with Crippen LogP contribution in [0, 0.1) is 18.7 Å². The summed E-state index contributed by atoms with van der Waals surface area (Å²) >= 11 is 0. The van der Waals surface area contributed by atoms with Gasteiger partial charge in [0.25, 0.3) is 0 Å². The Bertz CT molecular complexity index is 789. The van der Waals surface area contributed by atoms with Crippen molar-refractivity contribution in [2.45, 2.75) is 38.4 Å². The molecule has 1 fully saturated rings. The zero-order valence-corrected chi connectivity index (χ0v) is 14.7. The van der Waals surface area contributed by atoms with Crippen molar-refractivity contribution in [3.8, 4) is 0 Å². The molecule has 1 aromatic carbocycles. The maximum absolute atomic E-state index is 13.1. The molecule has 10 heteroatoms. The first-order chi connectivity index (χ1) is 12.8. The van der Waals surface area contributed by atoms with Gasteiger partial charge in [-0.2, -0.15) is 13.2 Å². The topological polar surface area (TPSA) is 63.9 Å². The van der Waals surface area contributed by atoms with Crippen molar-refractivity contribution in [3.63, 3.8) is 0 Å². The Hall–Kier alpha value is -2.52. The Morgan fingerprint density at radius 1 is 1.30 bits per heavy atom. The quantitative estimate of drug-likeness (QED) is 0.760. The van der Waals surface area contributed by atoms with Crippen LogP contribution in [0.1, 0.15) is 30.3 Å². The van der Waals surface area contributed by atoms with E-state index in [4.69, 9.17) is 0 Å². The average Bonchev–Trinajstić information content (AvgIpc) is 3.06. The van der Waals surface area contributed by atoms with Crippen molar-refractivity contribution >= 4 is 5.91 Å². The van der Waals surface area contributed by atoms with Crippen LogP contribution in [0.2, 0.25) is 0 Å². The summed E-state index contributed by atoms with van der Waals surface area (Å²) in [5.74, 6) is -2.04. The van der Waals surface area contributed by atoms with Gasteiger partial charge in [-0.1, -0.05) is 12.1 Å². The van der Waals surface area contributed by atoms with E-state index in [9.17, 15) is 22.4 Å². The Labute approximate surface area is 153 Å². The molecule has 0 radical (unpaired) electrons. The lowest BCUT2D eigenvalue weighted by atomic mass is 9.96. The van der Waals surface area contributed by atoms with Crippen molar-refractivity contribution in [1.29, 1.82) is 0 Å².